The largest absolute Gasteiger partial charge is 0.395 e. The van der Waals surface area contributed by atoms with Gasteiger partial charge in [0.05, 0.1) is 12.7 Å². The Balaban J connectivity index is 2.28. The van der Waals surface area contributed by atoms with Crippen molar-refractivity contribution < 1.29 is 10.2 Å². The van der Waals surface area contributed by atoms with Gasteiger partial charge >= 0.3 is 0 Å². The molecule has 1 unspecified atom stereocenters. The quantitative estimate of drug-likeness (QED) is 0.571. The van der Waals surface area contributed by atoms with Gasteiger partial charge in [-0.15, -0.1) is 0 Å². The molecule has 1 fully saturated rings. The van der Waals surface area contributed by atoms with Crippen molar-refractivity contribution in [3.8, 4) is 0 Å². The van der Waals surface area contributed by atoms with E-state index in [4.69, 9.17) is 5.11 Å². The fourth-order valence-corrected chi connectivity index (χ4v) is 1.74. The molecule has 0 saturated heterocycles. The van der Waals surface area contributed by atoms with E-state index in [1.807, 2.05) is 6.92 Å². The lowest BCUT2D eigenvalue weighted by molar-refractivity contribution is 0.131. The van der Waals surface area contributed by atoms with Gasteiger partial charge in [0.25, 0.3) is 0 Å². The normalized spacial score (nSPS) is 32.2. The van der Waals surface area contributed by atoms with Crippen molar-refractivity contribution in [2.75, 3.05) is 6.61 Å². The van der Waals surface area contributed by atoms with E-state index < -0.39 is 0 Å². The fourth-order valence-electron chi connectivity index (χ4n) is 1.74. The van der Waals surface area contributed by atoms with Gasteiger partial charge in [-0.3, -0.25) is 0 Å². The van der Waals surface area contributed by atoms with Gasteiger partial charge in [0.1, 0.15) is 0 Å². The molecular weight excluding hydrogens is 154 g/mol. The highest BCUT2D eigenvalue weighted by atomic mass is 16.3. The standard InChI is InChI=1S/C9H19NO2/c1-2-7(6-11)10-8-4-3-5-9(8)12/h7-12H,2-6H2,1H3/t7?,8-,9-/m0/s1. The first kappa shape index (κ1) is 9.96. The number of nitrogens with one attached hydrogen (secondary N) is 1. The number of aliphatic hydroxyl groups is 2. The van der Waals surface area contributed by atoms with Crippen molar-refractivity contribution in [3.05, 3.63) is 0 Å². The Hall–Kier alpha value is -0.120. The molecule has 3 heteroatoms. The third-order valence-corrected chi connectivity index (χ3v) is 2.64. The molecule has 0 radical (unpaired) electrons. The summed E-state index contributed by atoms with van der Waals surface area (Å²) in [6, 6.07) is 0.366. The zero-order valence-corrected chi connectivity index (χ0v) is 7.66. The molecule has 3 atom stereocenters. The molecular formula is C9H19NO2. The first-order valence-corrected chi connectivity index (χ1v) is 4.83. The Labute approximate surface area is 73.8 Å². The molecule has 3 nitrogen and oxygen atoms in total. The highest BCUT2D eigenvalue weighted by molar-refractivity contribution is 4.84. The lowest BCUT2D eigenvalue weighted by Gasteiger charge is -2.22. The summed E-state index contributed by atoms with van der Waals surface area (Å²) < 4.78 is 0. The van der Waals surface area contributed by atoms with Gasteiger partial charge in [0, 0.05) is 12.1 Å². The summed E-state index contributed by atoms with van der Waals surface area (Å²) >= 11 is 0. The molecule has 1 aliphatic rings. The molecule has 0 amide bonds. The second-order valence-electron chi connectivity index (χ2n) is 3.56. The molecule has 1 saturated carbocycles. The van der Waals surface area contributed by atoms with Gasteiger partial charge in [-0.1, -0.05) is 6.92 Å². The topological polar surface area (TPSA) is 52.5 Å². The van der Waals surface area contributed by atoms with Crippen molar-refractivity contribution in [2.45, 2.75) is 50.8 Å². The molecule has 0 aromatic carbocycles. The second kappa shape index (κ2) is 4.80. The van der Waals surface area contributed by atoms with E-state index in [1.54, 1.807) is 0 Å². The fraction of sp³-hybridized carbons (Fsp3) is 1.00. The lowest BCUT2D eigenvalue weighted by Crippen LogP contribution is -2.44. The van der Waals surface area contributed by atoms with Crippen LogP contribution in [-0.2, 0) is 0 Å². The minimum absolute atomic E-state index is 0.155. The van der Waals surface area contributed by atoms with Gasteiger partial charge in [0.2, 0.25) is 0 Å². The van der Waals surface area contributed by atoms with Crippen LogP contribution in [0.2, 0.25) is 0 Å². The van der Waals surface area contributed by atoms with E-state index in [0.29, 0.717) is 0 Å². The Morgan fingerprint density at radius 2 is 2.25 bits per heavy atom. The average molecular weight is 173 g/mol. The van der Waals surface area contributed by atoms with Gasteiger partial charge in [-0.05, 0) is 25.7 Å². The maximum Gasteiger partial charge on any atom is 0.0693 e. The van der Waals surface area contributed by atoms with Crippen LogP contribution in [0.15, 0.2) is 0 Å². The van der Waals surface area contributed by atoms with Crippen molar-refractivity contribution in [3.63, 3.8) is 0 Å². The Morgan fingerprint density at radius 3 is 2.67 bits per heavy atom. The lowest BCUT2D eigenvalue weighted by atomic mass is 10.1. The van der Waals surface area contributed by atoms with Crippen LogP contribution in [0, 0.1) is 0 Å². The summed E-state index contributed by atoms with van der Waals surface area (Å²) in [5, 5.41) is 21.7. The second-order valence-corrected chi connectivity index (χ2v) is 3.56. The predicted molar refractivity (Wildman–Crippen MR) is 47.9 cm³/mol. The van der Waals surface area contributed by atoms with Crippen molar-refractivity contribution in [1.82, 2.24) is 5.32 Å². The SMILES string of the molecule is CCC(CO)N[C@H]1CCC[C@@H]1O. The minimum Gasteiger partial charge on any atom is -0.395 e. The zero-order chi connectivity index (χ0) is 8.97. The monoisotopic (exact) mass is 173 g/mol. The molecule has 72 valence electrons. The molecule has 0 bridgehead atoms. The molecule has 1 aliphatic carbocycles. The van der Waals surface area contributed by atoms with E-state index in [9.17, 15) is 5.11 Å². The number of rotatable bonds is 4. The predicted octanol–water partition coefficient (Wildman–Crippen LogP) is 0.260. The molecule has 12 heavy (non-hydrogen) atoms. The van der Waals surface area contributed by atoms with Crippen LogP contribution >= 0.6 is 0 Å². The van der Waals surface area contributed by atoms with Gasteiger partial charge in [0.15, 0.2) is 0 Å². The maximum absolute atomic E-state index is 9.48. The highest BCUT2D eigenvalue weighted by Crippen LogP contribution is 2.19. The van der Waals surface area contributed by atoms with Crippen LogP contribution in [0.4, 0.5) is 0 Å². The summed E-state index contributed by atoms with van der Waals surface area (Å²) in [6.45, 7) is 2.20. The van der Waals surface area contributed by atoms with Crippen LogP contribution in [0.25, 0.3) is 0 Å². The number of aliphatic hydroxyl groups excluding tert-OH is 2. The summed E-state index contributed by atoms with van der Waals surface area (Å²) in [5.74, 6) is 0. The van der Waals surface area contributed by atoms with Crippen LogP contribution < -0.4 is 5.32 Å². The van der Waals surface area contributed by atoms with Crippen LogP contribution in [0.1, 0.15) is 32.6 Å². The number of hydrogen-bond donors (Lipinski definition) is 3. The first-order chi connectivity index (χ1) is 5.77. The van der Waals surface area contributed by atoms with E-state index in [1.165, 1.54) is 0 Å². The molecule has 0 spiro atoms. The third-order valence-electron chi connectivity index (χ3n) is 2.64. The summed E-state index contributed by atoms with van der Waals surface area (Å²) in [4.78, 5) is 0. The van der Waals surface area contributed by atoms with Crippen molar-refractivity contribution in [2.24, 2.45) is 0 Å². The molecule has 1 rings (SSSR count). The molecule has 0 heterocycles. The van der Waals surface area contributed by atoms with Gasteiger partial charge in [-0.25, -0.2) is 0 Å². The summed E-state index contributed by atoms with van der Waals surface area (Å²) in [7, 11) is 0. The van der Waals surface area contributed by atoms with Crippen LogP contribution in [0.3, 0.4) is 0 Å². The Kier molecular flexibility index (Phi) is 3.98. The minimum atomic E-state index is -0.203. The summed E-state index contributed by atoms with van der Waals surface area (Å²) in [5.41, 5.74) is 0. The van der Waals surface area contributed by atoms with E-state index in [0.717, 1.165) is 25.7 Å². The Morgan fingerprint density at radius 1 is 1.50 bits per heavy atom. The van der Waals surface area contributed by atoms with Gasteiger partial charge < -0.3 is 15.5 Å². The van der Waals surface area contributed by atoms with Gasteiger partial charge in [-0.2, -0.15) is 0 Å². The Bertz CT molecular complexity index is 126. The molecule has 3 N–H and O–H groups in total. The first-order valence-electron chi connectivity index (χ1n) is 4.83. The van der Waals surface area contributed by atoms with Crippen molar-refractivity contribution in [1.29, 1.82) is 0 Å². The van der Waals surface area contributed by atoms with Crippen LogP contribution in [-0.4, -0.2) is 35.0 Å². The summed E-state index contributed by atoms with van der Waals surface area (Å²) in [6.07, 6.45) is 3.75. The highest BCUT2D eigenvalue weighted by Gasteiger charge is 2.26. The third kappa shape index (κ3) is 2.44. The molecule has 0 aromatic heterocycles. The average Bonchev–Trinajstić information content (AvgIpc) is 2.47. The molecule has 0 aromatic rings. The van der Waals surface area contributed by atoms with E-state index in [-0.39, 0.29) is 24.8 Å². The van der Waals surface area contributed by atoms with Crippen LogP contribution in [0.5, 0.6) is 0 Å². The smallest absolute Gasteiger partial charge is 0.0693 e. The van der Waals surface area contributed by atoms with E-state index in [2.05, 4.69) is 5.32 Å². The zero-order valence-electron chi connectivity index (χ0n) is 7.66. The number of hydrogen-bond acceptors (Lipinski definition) is 3. The maximum atomic E-state index is 9.48. The van der Waals surface area contributed by atoms with E-state index >= 15 is 0 Å². The molecule has 0 aliphatic heterocycles. The van der Waals surface area contributed by atoms with Crippen molar-refractivity contribution >= 4 is 0 Å².